The van der Waals surface area contributed by atoms with Gasteiger partial charge in [0.05, 0.1) is 12.6 Å². The molecule has 0 saturated carbocycles. The van der Waals surface area contributed by atoms with Crippen molar-refractivity contribution in [1.82, 2.24) is 9.62 Å². The number of hydrogen-bond donors (Lipinski definition) is 2. The highest BCUT2D eigenvalue weighted by atomic mass is 35.5. The van der Waals surface area contributed by atoms with Crippen LogP contribution in [0, 0.1) is 0 Å². The van der Waals surface area contributed by atoms with Gasteiger partial charge in [-0.1, -0.05) is 6.42 Å². The molecule has 0 spiro atoms. The summed E-state index contributed by atoms with van der Waals surface area (Å²) in [5.74, 6) is 0.132. The fraction of sp³-hybridized carbons (Fsp3) is 0.562. The Morgan fingerprint density at radius 2 is 2.08 bits per heavy atom. The van der Waals surface area contributed by atoms with Gasteiger partial charge in [0, 0.05) is 19.8 Å². The van der Waals surface area contributed by atoms with Crippen LogP contribution in [0.1, 0.15) is 26.2 Å². The second-order valence-electron chi connectivity index (χ2n) is 5.87. The highest BCUT2D eigenvalue weighted by Gasteiger charge is 2.25. The Balaban J connectivity index is 0.00000312. The van der Waals surface area contributed by atoms with Crippen molar-refractivity contribution in [2.45, 2.75) is 37.1 Å². The van der Waals surface area contributed by atoms with Crippen LogP contribution in [0.3, 0.4) is 0 Å². The highest BCUT2D eigenvalue weighted by molar-refractivity contribution is 7.89. The van der Waals surface area contributed by atoms with Crippen LogP contribution >= 0.6 is 12.4 Å². The van der Waals surface area contributed by atoms with Crippen LogP contribution in [-0.2, 0) is 14.8 Å². The number of ether oxygens (including phenoxy) is 1. The Labute approximate surface area is 155 Å². The fourth-order valence-corrected chi connectivity index (χ4v) is 3.61. The molecule has 1 atom stereocenters. The zero-order chi connectivity index (χ0) is 17.7. The molecule has 1 unspecified atom stereocenters. The fourth-order valence-electron chi connectivity index (χ4n) is 2.56. The molecule has 1 aromatic rings. The van der Waals surface area contributed by atoms with E-state index in [9.17, 15) is 13.2 Å². The third-order valence-corrected chi connectivity index (χ3v) is 5.73. The van der Waals surface area contributed by atoms with Gasteiger partial charge in [0.25, 0.3) is 0 Å². The predicted octanol–water partition coefficient (Wildman–Crippen LogP) is 1.84. The number of anilines is 1. The summed E-state index contributed by atoms with van der Waals surface area (Å²) >= 11 is 0. The maximum absolute atomic E-state index is 12.5. The van der Waals surface area contributed by atoms with Gasteiger partial charge in [-0.25, -0.2) is 12.7 Å². The van der Waals surface area contributed by atoms with Gasteiger partial charge in [0.2, 0.25) is 15.9 Å². The highest BCUT2D eigenvalue weighted by Crippen LogP contribution is 2.29. The van der Waals surface area contributed by atoms with Crippen molar-refractivity contribution < 1.29 is 17.9 Å². The normalized spacial score (nSPS) is 17.7. The van der Waals surface area contributed by atoms with Gasteiger partial charge in [-0.15, -0.1) is 12.4 Å². The molecular weight excluding hydrogens is 366 g/mol. The summed E-state index contributed by atoms with van der Waals surface area (Å²) in [6, 6.07) is 4.44. The largest absolute Gasteiger partial charge is 0.492 e. The van der Waals surface area contributed by atoms with E-state index in [0.29, 0.717) is 12.3 Å². The lowest BCUT2D eigenvalue weighted by Crippen LogP contribution is -2.43. The topological polar surface area (TPSA) is 87.7 Å². The third-order valence-electron chi connectivity index (χ3n) is 3.90. The number of rotatable bonds is 6. The van der Waals surface area contributed by atoms with Gasteiger partial charge in [0.15, 0.2) is 0 Å². The van der Waals surface area contributed by atoms with Crippen molar-refractivity contribution in [3.8, 4) is 5.75 Å². The predicted molar refractivity (Wildman–Crippen MR) is 100 cm³/mol. The van der Waals surface area contributed by atoms with E-state index in [2.05, 4.69) is 10.6 Å². The lowest BCUT2D eigenvalue weighted by Gasteiger charge is -2.23. The average molecular weight is 392 g/mol. The number of carbonyl (C=O) groups excluding carboxylic acids is 1. The minimum atomic E-state index is -3.67. The molecule has 1 fully saturated rings. The average Bonchev–Trinajstić information content (AvgIpc) is 2.57. The summed E-state index contributed by atoms with van der Waals surface area (Å²) in [4.78, 5) is 12.4. The Hall–Kier alpha value is -1.35. The first-order chi connectivity index (χ1) is 11.4. The lowest BCUT2D eigenvalue weighted by molar-refractivity contribution is -0.118. The van der Waals surface area contributed by atoms with Crippen molar-refractivity contribution in [2.75, 3.05) is 32.6 Å². The smallest absolute Gasteiger partial charge is 0.246 e. The molecule has 142 valence electrons. The summed E-state index contributed by atoms with van der Waals surface area (Å²) in [6.45, 7) is 2.96. The molecule has 1 aromatic carbocycles. The number of sulfonamides is 1. The van der Waals surface area contributed by atoms with Crippen molar-refractivity contribution in [1.29, 1.82) is 0 Å². The van der Waals surface area contributed by atoms with Crippen LogP contribution in [0.15, 0.2) is 23.1 Å². The summed E-state index contributed by atoms with van der Waals surface area (Å²) in [6.07, 6.45) is 2.86. The Kier molecular flexibility index (Phi) is 8.14. The second-order valence-corrected chi connectivity index (χ2v) is 7.99. The molecule has 7 nitrogen and oxygen atoms in total. The van der Waals surface area contributed by atoms with Crippen molar-refractivity contribution >= 4 is 34.0 Å². The van der Waals surface area contributed by atoms with Crippen molar-refractivity contribution in [3.63, 3.8) is 0 Å². The molecule has 1 aliphatic rings. The number of amides is 1. The standard InChI is InChI=1S/C16H25N3O4S.ClH/c1-4-23-14-9-8-12(11-15(14)24(21,22)19(2)3)18-16(20)13-7-5-6-10-17-13;/h8-9,11,13,17H,4-7,10H2,1-3H3,(H,18,20);1H. The van der Waals surface area contributed by atoms with Gasteiger partial charge < -0.3 is 15.4 Å². The van der Waals surface area contributed by atoms with Crippen LogP contribution in [0.4, 0.5) is 5.69 Å². The second kappa shape index (κ2) is 9.38. The number of hydrogen-bond acceptors (Lipinski definition) is 5. The Bertz CT molecular complexity index is 689. The first-order valence-electron chi connectivity index (χ1n) is 8.10. The quantitative estimate of drug-likeness (QED) is 0.772. The first kappa shape index (κ1) is 21.7. The minimum absolute atomic E-state index is 0. The molecule has 9 heteroatoms. The number of benzene rings is 1. The van der Waals surface area contributed by atoms with E-state index in [0.717, 1.165) is 30.1 Å². The molecule has 1 saturated heterocycles. The lowest BCUT2D eigenvalue weighted by atomic mass is 10.0. The maximum atomic E-state index is 12.5. The maximum Gasteiger partial charge on any atom is 0.246 e. The first-order valence-corrected chi connectivity index (χ1v) is 9.54. The molecule has 1 amide bonds. The van der Waals surface area contributed by atoms with Gasteiger partial charge in [-0.3, -0.25) is 4.79 Å². The molecule has 2 rings (SSSR count). The molecular formula is C16H26ClN3O4S. The number of piperidine rings is 1. The Morgan fingerprint density at radius 3 is 2.64 bits per heavy atom. The summed E-state index contributed by atoms with van der Waals surface area (Å²) in [5.41, 5.74) is 0.441. The molecule has 2 N–H and O–H groups in total. The zero-order valence-electron chi connectivity index (χ0n) is 14.7. The molecule has 1 aliphatic heterocycles. The monoisotopic (exact) mass is 391 g/mol. The van der Waals surface area contributed by atoms with Gasteiger partial charge in [-0.2, -0.15) is 0 Å². The van der Waals surface area contributed by atoms with Gasteiger partial charge in [-0.05, 0) is 44.5 Å². The molecule has 1 heterocycles. The van der Waals surface area contributed by atoms with E-state index in [1.165, 1.54) is 20.2 Å². The number of carbonyl (C=O) groups is 1. The molecule has 0 aliphatic carbocycles. The summed E-state index contributed by atoms with van der Waals surface area (Å²) in [7, 11) is -0.750. The van der Waals surface area contributed by atoms with E-state index >= 15 is 0 Å². The molecule has 0 radical (unpaired) electrons. The number of nitrogens with zero attached hydrogens (tertiary/aromatic N) is 1. The van der Waals surface area contributed by atoms with E-state index in [-0.39, 0.29) is 35.0 Å². The van der Waals surface area contributed by atoms with Crippen molar-refractivity contribution in [2.24, 2.45) is 0 Å². The van der Waals surface area contributed by atoms with Gasteiger partial charge >= 0.3 is 0 Å². The van der Waals surface area contributed by atoms with Gasteiger partial charge in [0.1, 0.15) is 10.6 Å². The van der Waals surface area contributed by atoms with Crippen LogP contribution < -0.4 is 15.4 Å². The number of nitrogens with one attached hydrogen (secondary N) is 2. The van der Waals surface area contributed by atoms with E-state index < -0.39 is 10.0 Å². The van der Waals surface area contributed by atoms with E-state index in [1.807, 2.05) is 0 Å². The zero-order valence-corrected chi connectivity index (χ0v) is 16.4. The van der Waals surface area contributed by atoms with E-state index in [1.54, 1.807) is 19.1 Å². The molecule has 0 aromatic heterocycles. The Morgan fingerprint density at radius 1 is 1.36 bits per heavy atom. The SMILES string of the molecule is CCOc1ccc(NC(=O)C2CCCCN2)cc1S(=O)(=O)N(C)C.Cl. The van der Waals surface area contributed by atoms with Crippen LogP contribution in [-0.4, -0.2) is 51.9 Å². The summed E-state index contributed by atoms with van der Waals surface area (Å²) < 4.78 is 31.5. The molecule has 25 heavy (non-hydrogen) atoms. The number of halogens is 1. The van der Waals surface area contributed by atoms with E-state index in [4.69, 9.17) is 4.74 Å². The third kappa shape index (κ3) is 5.31. The minimum Gasteiger partial charge on any atom is -0.492 e. The van der Waals surface area contributed by atoms with Crippen LogP contribution in [0.25, 0.3) is 0 Å². The van der Waals surface area contributed by atoms with Crippen molar-refractivity contribution in [3.05, 3.63) is 18.2 Å². The molecule has 0 bridgehead atoms. The summed E-state index contributed by atoms with van der Waals surface area (Å²) in [5, 5.41) is 5.96. The van der Waals surface area contributed by atoms with Crippen LogP contribution in [0.5, 0.6) is 5.75 Å². The van der Waals surface area contributed by atoms with Crippen LogP contribution in [0.2, 0.25) is 0 Å².